The van der Waals surface area contributed by atoms with E-state index in [1.165, 1.54) is 24.3 Å². The van der Waals surface area contributed by atoms with Crippen LogP contribution in [0.25, 0.3) is 11.0 Å². The number of fused-ring (bicyclic) bond motifs is 7. The van der Waals surface area contributed by atoms with Crippen LogP contribution in [0, 0.1) is 0 Å². The molecule has 0 saturated heterocycles. The number of carbonyl (C=O) groups excluding carboxylic acids is 2. The standard InChI is InChI=1S/C20H12O5.C7H8N4.C7H6O.H2O/c21-11-5-7-15-17(9-11)24-18-10-12(22)6-8-16(18)20(15)14-4-2-1-3-13(14)19(23)25-20;8-11-7-9-5-3-1-2-4-6(5)10-7;8-6-7-4-2-1-3-5-7;/h1-10,21-22H;1-4H,8H2,(H2,9,10,11);1-6H;1H2. The Morgan fingerprint density at radius 1 is 0.778 bits per heavy atom. The molecule has 3 heterocycles. The number of anilines is 1. The van der Waals surface area contributed by atoms with E-state index in [1.807, 2.05) is 54.6 Å². The van der Waals surface area contributed by atoms with Gasteiger partial charge in [-0.15, -0.1) is 0 Å². The molecular weight excluding hydrogens is 576 g/mol. The Kier molecular flexibility index (Phi) is 8.48. The summed E-state index contributed by atoms with van der Waals surface area (Å²) in [5, 5.41) is 19.7. The lowest BCUT2D eigenvalue weighted by Crippen LogP contribution is -2.32. The maximum absolute atomic E-state index is 12.5. The molecule has 0 saturated carbocycles. The number of aromatic amines is 1. The first-order valence-corrected chi connectivity index (χ1v) is 13.5. The van der Waals surface area contributed by atoms with Crippen LogP contribution in [0.2, 0.25) is 0 Å². The van der Waals surface area contributed by atoms with Gasteiger partial charge in [-0.1, -0.05) is 60.7 Å². The van der Waals surface area contributed by atoms with Gasteiger partial charge >= 0.3 is 5.97 Å². The Balaban J connectivity index is 0.000000165. The molecular formula is C34H28N4O7. The van der Waals surface area contributed by atoms with E-state index in [2.05, 4.69) is 15.4 Å². The molecule has 2 aliphatic rings. The number of H-pyrrole nitrogens is 1. The summed E-state index contributed by atoms with van der Waals surface area (Å²) in [6.45, 7) is 0. The first kappa shape index (κ1) is 30.3. The van der Waals surface area contributed by atoms with E-state index in [1.54, 1.807) is 36.4 Å². The van der Waals surface area contributed by atoms with Crippen molar-refractivity contribution in [3.8, 4) is 23.0 Å². The number of nitrogen functional groups attached to an aromatic ring is 1. The van der Waals surface area contributed by atoms with E-state index in [0.717, 1.165) is 22.9 Å². The van der Waals surface area contributed by atoms with Crippen LogP contribution in [0.4, 0.5) is 5.95 Å². The average Bonchev–Trinajstić information content (AvgIpc) is 3.61. The van der Waals surface area contributed by atoms with Crippen LogP contribution in [0.5, 0.6) is 23.0 Å². The highest BCUT2D eigenvalue weighted by atomic mass is 16.6. The number of carbonyl (C=O) groups is 2. The van der Waals surface area contributed by atoms with Crippen molar-refractivity contribution in [3.05, 3.63) is 143 Å². The highest BCUT2D eigenvalue weighted by molar-refractivity contribution is 5.97. The monoisotopic (exact) mass is 604 g/mol. The first-order valence-electron chi connectivity index (χ1n) is 13.5. The van der Waals surface area contributed by atoms with Gasteiger partial charge in [0, 0.05) is 34.4 Å². The average molecular weight is 605 g/mol. The molecule has 5 aromatic carbocycles. The molecule has 0 aliphatic carbocycles. The van der Waals surface area contributed by atoms with Crippen molar-refractivity contribution in [2.45, 2.75) is 5.60 Å². The molecule has 45 heavy (non-hydrogen) atoms. The lowest BCUT2D eigenvalue weighted by atomic mass is 9.77. The lowest BCUT2D eigenvalue weighted by molar-refractivity contribution is 0.0224. The number of aromatic hydroxyl groups is 2. The topological polar surface area (TPSA) is 191 Å². The number of hydrazine groups is 1. The summed E-state index contributed by atoms with van der Waals surface area (Å²) in [4.78, 5) is 29.7. The number of aromatic nitrogens is 2. The Labute approximate surface area is 256 Å². The molecule has 0 radical (unpaired) electrons. The zero-order valence-corrected chi connectivity index (χ0v) is 23.6. The third-order valence-electron chi connectivity index (χ3n) is 7.14. The number of nitrogens with one attached hydrogen (secondary N) is 2. The number of hydrogen-bond acceptors (Lipinski definition) is 9. The molecule has 226 valence electrons. The number of phenols is 2. The van der Waals surface area contributed by atoms with Gasteiger partial charge < -0.3 is 30.1 Å². The SMILES string of the molecule is NNc1nc2ccccc2[nH]1.O.O=C1OC2(c3ccc(O)cc3Oc3cc(O)ccc32)c2ccccc21.O=Cc1ccccc1. The third-order valence-corrected chi connectivity index (χ3v) is 7.14. The number of rotatable bonds is 2. The zero-order valence-electron chi connectivity index (χ0n) is 23.6. The molecule has 11 nitrogen and oxygen atoms in total. The van der Waals surface area contributed by atoms with Crippen molar-refractivity contribution in [3.63, 3.8) is 0 Å². The van der Waals surface area contributed by atoms with Crippen LogP contribution in [0.15, 0.2) is 115 Å². The summed E-state index contributed by atoms with van der Waals surface area (Å²) < 4.78 is 11.8. The van der Waals surface area contributed by atoms with E-state index < -0.39 is 11.6 Å². The van der Waals surface area contributed by atoms with Crippen molar-refractivity contribution >= 4 is 29.2 Å². The Morgan fingerprint density at radius 2 is 1.38 bits per heavy atom. The predicted molar refractivity (Wildman–Crippen MR) is 167 cm³/mol. The van der Waals surface area contributed by atoms with E-state index >= 15 is 0 Å². The fourth-order valence-corrected chi connectivity index (χ4v) is 5.21. The summed E-state index contributed by atoms with van der Waals surface area (Å²) >= 11 is 0. The molecule has 8 N–H and O–H groups in total. The fourth-order valence-electron chi connectivity index (χ4n) is 5.21. The van der Waals surface area contributed by atoms with Gasteiger partial charge in [0.1, 0.15) is 29.3 Å². The Hall–Kier alpha value is -6.17. The quantitative estimate of drug-likeness (QED) is 0.0766. The highest BCUT2D eigenvalue weighted by Gasteiger charge is 2.53. The molecule has 2 aliphatic heterocycles. The molecule has 1 aromatic heterocycles. The summed E-state index contributed by atoms with van der Waals surface area (Å²) in [6, 6.07) is 33.4. The number of ether oxygens (including phenoxy) is 2. The van der Waals surface area contributed by atoms with Crippen LogP contribution in [0.1, 0.15) is 37.4 Å². The minimum absolute atomic E-state index is 0. The van der Waals surface area contributed by atoms with Crippen LogP contribution < -0.4 is 16.0 Å². The predicted octanol–water partition coefficient (Wildman–Crippen LogP) is 5.19. The second-order valence-electron chi connectivity index (χ2n) is 9.85. The second-order valence-corrected chi connectivity index (χ2v) is 9.85. The molecule has 0 bridgehead atoms. The maximum atomic E-state index is 12.5. The van der Waals surface area contributed by atoms with Gasteiger partial charge in [0.15, 0.2) is 5.60 Å². The Bertz CT molecular complexity index is 1910. The van der Waals surface area contributed by atoms with Crippen molar-refractivity contribution in [2.75, 3.05) is 5.43 Å². The number of aldehydes is 1. The van der Waals surface area contributed by atoms with Crippen molar-refractivity contribution in [2.24, 2.45) is 5.84 Å². The van der Waals surface area contributed by atoms with Crippen molar-refractivity contribution < 1.29 is 34.8 Å². The highest BCUT2D eigenvalue weighted by Crippen LogP contribution is 2.56. The number of phenolic OH excluding ortho intramolecular Hbond substituents is 2. The first-order chi connectivity index (χ1) is 21.4. The van der Waals surface area contributed by atoms with Gasteiger partial charge in [-0.25, -0.2) is 15.6 Å². The lowest BCUT2D eigenvalue weighted by Gasteiger charge is -2.36. The van der Waals surface area contributed by atoms with Crippen LogP contribution in [-0.4, -0.2) is 37.9 Å². The summed E-state index contributed by atoms with van der Waals surface area (Å²) in [5.74, 6) is 6.17. The summed E-state index contributed by atoms with van der Waals surface area (Å²) in [5.41, 5.74) is 6.37. The van der Waals surface area contributed by atoms with Gasteiger partial charge in [-0.3, -0.25) is 10.2 Å². The normalized spacial score (nSPS) is 12.8. The number of nitrogens with zero attached hydrogens (tertiary/aromatic N) is 1. The van der Waals surface area contributed by atoms with E-state index in [9.17, 15) is 19.8 Å². The molecule has 0 atom stereocenters. The van der Waals surface area contributed by atoms with Gasteiger partial charge in [-0.05, 0) is 42.5 Å². The summed E-state index contributed by atoms with van der Waals surface area (Å²) in [7, 11) is 0. The van der Waals surface area contributed by atoms with Crippen LogP contribution in [-0.2, 0) is 10.3 Å². The molecule has 0 amide bonds. The van der Waals surface area contributed by atoms with Crippen molar-refractivity contribution in [1.29, 1.82) is 0 Å². The second kappa shape index (κ2) is 12.6. The molecule has 6 aromatic rings. The zero-order chi connectivity index (χ0) is 30.7. The summed E-state index contributed by atoms with van der Waals surface area (Å²) in [6.07, 6.45) is 0.833. The fraction of sp³-hybridized carbons (Fsp3) is 0.0294. The number of esters is 1. The maximum Gasteiger partial charge on any atom is 0.340 e. The van der Waals surface area contributed by atoms with Crippen molar-refractivity contribution in [1.82, 2.24) is 9.97 Å². The number of nitrogens with two attached hydrogens (primary N) is 1. The van der Waals surface area contributed by atoms with Crippen LogP contribution >= 0.6 is 0 Å². The Morgan fingerprint density at radius 3 is 1.98 bits per heavy atom. The number of hydrogen-bond donors (Lipinski definition) is 5. The third kappa shape index (κ3) is 5.64. The molecule has 11 heteroatoms. The van der Waals surface area contributed by atoms with Crippen LogP contribution in [0.3, 0.4) is 0 Å². The molecule has 8 rings (SSSR count). The van der Waals surface area contributed by atoms with Gasteiger partial charge in [-0.2, -0.15) is 0 Å². The number of benzene rings is 5. The molecule has 1 spiro atoms. The van der Waals surface area contributed by atoms with Gasteiger partial charge in [0.2, 0.25) is 5.95 Å². The van der Waals surface area contributed by atoms with Gasteiger partial charge in [0.25, 0.3) is 0 Å². The molecule has 0 unspecified atom stereocenters. The minimum atomic E-state index is -1.17. The molecule has 0 fully saturated rings. The van der Waals surface area contributed by atoms with E-state index in [-0.39, 0.29) is 17.0 Å². The van der Waals surface area contributed by atoms with Gasteiger partial charge in [0.05, 0.1) is 16.6 Å². The minimum Gasteiger partial charge on any atom is -0.508 e. The van der Waals surface area contributed by atoms with E-state index in [4.69, 9.17) is 15.3 Å². The number of para-hydroxylation sites is 2. The smallest absolute Gasteiger partial charge is 0.340 e. The largest absolute Gasteiger partial charge is 0.508 e. The van der Waals surface area contributed by atoms with E-state index in [0.29, 0.717) is 39.7 Å². The number of imidazole rings is 1.